The average molecular weight is 739 g/mol. The van der Waals surface area contributed by atoms with Gasteiger partial charge in [-0.15, -0.1) is 0 Å². The van der Waals surface area contributed by atoms with Crippen molar-refractivity contribution < 1.29 is 22.7 Å². The highest BCUT2D eigenvalue weighted by Gasteiger charge is 2.36. The number of nitrogens with one attached hydrogen (secondary N) is 1. The van der Waals surface area contributed by atoms with Crippen molar-refractivity contribution in [3.63, 3.8) is 0 Å². The van der Waals surface area contributed by atoms with Crippen LogP contribution in [0.2, 0.25) is 5.02 Å². The zero-order valence-electron chi connectivity index (χ0n) is 26.0. The molecule has 246 valence electrons. The van der Waals surface area contributed by atoms with Crippen LogP contribution in [0.3, 0.4) is 0 Å². The molecule has 0 spiro atoms. The maximum absolute atomic E-state index is 14.7. The lowest BCUT2D eigenvalue weighted by Gasteiger charge is -2.34. The minimum absolute atomic E-state index is 0.00631. The molecule has 5 rings (SSSR count). The molecule has 2 amide bonds. The molecule has 0 saturated heterocycles. The summed E-state index contributed by atoms with van der Waals surface area (Å²) in [4.78, 5) is 30.3. The van der Waals surface area contributed by atoms with E-state index in [1.54, 1.807) is 30.3 Å². The molecule has 1 fully saturated rings. The molecular formula is C36H37BrClN3O5S. The largest absolute Gasteiger partial charge is 0.495 e. The maximum atomic E-state index is 14.7. The monoisotopic (exact) mass is 737 g/mol. The van der Waals surface area contributed by atoms with Gasteiger partial charge in [0.15, 0.2) is 0 Å². The molecule has 1 aliphatic rings. The predicted octanol–water partition coefficient (Wildman–Crippen LogP) is 7.01. The van der Waals surface area contributed by atoms with E-state index in [1.165, 1.54) is 30.2 Å². The van der Waals surface area contributed by atoms with E-state index in [4.69, 9.17) is 16.3 Å². The SMILES string of the molecule is COc1ccc(Cl)cc1N(CC(=O)N(Cc1cccc(Br)c1)C(Cc1ccccc1)C(=O)NC1CCCC1)S(=O)(=O)c1ccccc1. The van der Waals surface area contributed by atoms with Crippen LogP contribution in [-0.2, 0) is 32.6 Å². The number of hydrogen-bond donors (Lipinski definition) is 1. The Labute approximate surface area is 289 Å². The van der Waals surface area contributed by atoms with E-state index in [0.29, 0.717) is 0 Å². The first-order valence-corrected chi connectivity index (χ1v) is 18.1. The van der Waals surface area contributed by atoms with Crippen molar-refractivity contribution in [2.75, 3.05) is 18.0 Å². The first-order valence-electron chi connectivity index (χ1n) is 15.5. The summed E-state index contributed by atoms with van der Waals surface area (Å²) in [5.41, 5.74) is 1.75. The van der Waals surface area contributed by atoms with Crippen LogP contribution in [-0.4, -0.2) is 50.9 Å². The van der Waals surface area contributed by atoms with Gasteiger partial charge >= 0.3 is 0 Å². The van der Waals surface area contributed by atoms with Crippen LogP contribution in [0, 0.1) is 0 Å². The van der Waals surface area contributed by atoms with E-state index in [9.17, 15) is 18.0 Å². The molecule has 4 aromatic carbocycles. The molecular weight excluding hydrogens is 702 g/mol. The van der Waals surface area contributed by atoms with Crippen LogP contribution < -0.4 is 14.4 Å². The number of carbonyl (C=O) groups excluding carboxylic acids is 2. The fraction of sp³-hybridized carbons (Fsp3) is 0.278. The Morgan fingerprint density at radius 3 is 2.23 bits per heavy atom. The van der Waals surface area contributed by atoms with Crippen LogP contribution in [0.5, 0.6) is 5.75 Å². The molecule has 1 unspecified atom stereocenters. The van der Waals surface area contributed by atoms with Gasteiger partial charge in [0, 0.05) is 28.5 Å². The topological polar surface area (TPSA) is 96.0 Å². The zero-order chi connectivity index (χ0) is 33.4. The van der Waals surface area contributed by atoms with Gasteiger partial charge < -0.3 is 15.0 Å². The lowest BCUT2D eigenvalue weighted by atomic mass is 10.0. The third kappa shape index (κ3) is 8.74. The van der Waals surface area contributed by atoms with Crippen molar-refractivity contribution in [1.29, 1.82) is 0 Å². The van der Waals surface area contributed by atoms with Crippen LogP contribution in [0.25, 0.3) is 0 Å². The summed E-state index contributed by atoms with van der Waals surface area (Å²) in [6, 6.07) is 28.6. The van der Waals surface area contributed by atoms with Crippen molar-refractivity contribution in [2.24, 2.45) is 0 Å². The van der Waals surface area contributed by atoms with Gasteiger partial charge in [-0.3, -0.25) is 13.9 Å². The molecule has 0 heterocycles. The predicted molar refractivity (Wildman–Crippen MR) is 188 cm³/mol. The average Bonchev–Trinajstić information content (AvgIpc) is 3.59. The summed E-state index contributed by atoms with van der Waals surface area (Å²) in [6.45, 7) is -0.538. The smallest absolute Gasteiger partial charge is 0.264 e. The highest BCUT2D eigenvalue weighted by Crippen LogP contribution is 2.35. The number of hydrogen-bond acceptors (Lipinski definition) is 5. The Morgan fingerprint density at radius 2 is 1.57 bits per heavy atom. The number of ether oxygens (including phenoxy) is 1. The molecule has 8 nitrogen and oxygen atoms in total. The summed E-state index contributed by atoms with van der Waals surface area (Å²) < 4.78 is 35.9. The number of nitrogens with zero attached hydrogens (tertiary/aromatic N) is 2. The summed E-state index contributed by atoms with van der Waals surface area (Å²) in [6.07, 6.45) is 4.05. The Morgan fingerprint density at radius 1 is 0.915 bits per heavy atom. The highest BCUT2D eigenvalue weighted by molar-refractivity contribution is 9.10. The van der Waals surface area contributed by atoms with Crippen molar-refractivity contribution in [2.45, 2.75) is 55.6 Å². The van der Waals surface area contributed by atoms with E-state index >= 15 is 0 Å². The number of carbonyl (C=O) groups is 2. The van der Waals surface area contributed by atoms with Crippen LogP contribution in [0.15, 0.2) is 112 Å². The molecule has 1 atom stereocenters. The van der Waals surface area contributed by atoms with Gasteiger partial charge in [-0.05, 0) is 66.4 Å². The molecule has 47 heavy (non-hydrogen) atoms. The molecule has 1 N–H and O–H groups in total. The number of halogens is 2. The van der Waals surface area contributed by atoms with E-state index < -0.39 is 28.5 Å². The molecule has 0 bridgehead atoms. The van der Waals surface area contributed by atoms with Crippen LogP contribution >= 0.6 is 27.5 Å². The number of benzene rings is 4. The summed E-state index contributed by atoms with van der Waals surface area (Å²) in [5, 5.41) is 3.46. The second-order valence-corrected chi connectivity index (χ2v) is 14.7. The number of rotatable bonds is 13. The van der Waals surface area contributed by atoms with Gasteiger partial charge in [0.25, 0.3) is 10.0 Å². The van der Waals surface area contributed by atoms with E-state index in [0.717, 1.165) is 45.6 Å². The minimum Gasteiger partial charge on any atom is -0.495 e. The first kappa shape index (κ1) is 34.5. The Balaban J connectivity index is 1.60. The molecule has 1 saturated carbocycles. The van der Waals surface area contributed by atoms with Crippen molar-refractivity contribution in [3.05, 3.63) is 124 Å². The third-order valence-corrected chi connectivity index (χ3v) is 10.7. The molecule has 0 radical (unpaired) electrons. The number of methoxy groups -OCH3 is 1. The standard InChI is InChI=1S/C36H37BrClN3O5S/c1-46-34-20-19-29(38)23-32(34)41(47(44,45)31-17-6-3-7-18-31)25-35(42)40(24-27-13-10-14-28(37)21-27)33(22-26-11-4-2-5-12-26)36(43)39-30-15-8-9-16-30/h2-7,10-14,17-21,23,30,33H,8-9,15-16,22,24-25H2,1H3,(H,39,43). The number of sulfonamides is 1. The van der Waals surface area contributed by atoms with E-state index in [-0.39, 0.29) is 46.3 Å². The summed E-state index contributed by atoms with van der Waals surface area (Å²) in [7, 11) is -2.87. The summed E-state index contributed by atoms with van der Waals surface area (Å²) in [5.74, 6) is -0.615. The number of anilines is 1. The Hall–Kier alpha value is -3.86. The molecule has 4 aromatic rings. The second kappa shape index (κ2) is 15.8. The number of amides is 2. The Kier molecular flexibility index (Phi) is 11.6. The van der Waals surface area contributed by atoms with Crippen molar-refractivity contribution >= 4 is 55.1 Å². The first-order chi connectivity index (χ1) is 22.7. The van der Waals surface area contributed by atoms with Gasteiger partial charge in [0.2, 0.25) is 11.8 Å². The Bertz CT molecular complexity index is 1790. The lowest BCUT2D eigenvalue weighted by Crippen LogP contribution is -2.54. The van der Waals surface area contributed by atoms with Gasteiger partial charge in [0.1, 0.15) is 18.3 Å². The van der Waals surface area contributed by atoms with Crippen LogP contribution in [0.1, 0.15) is 36.8 Å². The molecule has 1 aliphatic carbocycles. The second-order valence-electron chi connectivity index (χ2n) is 11.5. The van der Waals surface area contributed by atoms with Gasteiger partial charge in [-0.2, -0.15) is 0 Å². The molecule has 0 aliphatic heterocycles. The van der Waals surface area contributed by atoms with E-state index in [2.05, 4.69) is 21.2 Å². The van der Waals surface area contributed by atoms with E-state index in [1.807, 2.05) is 54.6 Å². The fourth-order valence-electron chi connectivity index (χ4n) is 5.84. The van der Waals surface area contributed by atoms with Gasteiger partial charge in [-0.1, -0.05) is 101 Å². The van der Waals surface area contributed by atoms with Crippen molar-refractivity contribution in [3.8, 4) is 5.75 Å². The van der Waals surface area contributed by atoms with Gasteiger partial charge in [0.05, 0.1) is 17.7 Å². The maximum Gasteiger partial charge on any atom is 0.264 e. The normalized spacial score (nSPS) is 13.9. The van der Waals surface area contributed by atoms with Gasteiger partial charge in [-0.25, -0.2) is 8.42 Å². The zero-order valence-corrected chi connectivity index (χ0v) is 29.2. The van der Waals surface area contributed by atoms with Crippen LogP contribution in [0.4, 0.5) is 5.69 Å². The highest BCUT2D eigenvalue weighted by atomic mass is 79.9. The lowest BCUT2D eigenvalue weighted by molar-refractivity contribution is -0.140. The minimum atomic E-state index is -4.30. The third-order valence-electron chi connectivity index (χ3n) is 8.23. The molecule has 11 heteroatoms. The molecule has 0 aromatic heterocycles. The fourth-order valence-corrected chi connectivity index (χ4v) is 7.90. The van der Waals surface area contributed by atoms with Crippen molar-refractivity contribution in [1.82, 2.24) is 10.2 Å². The quantitative estimate of drug-likeness (QED) is 0.159. The summed E-state index contributed by atoms with van der Waals surface area (Å²) >= 11 is 9.88.